The molecule has 0 aliphatic heterocycles. The van der Waals surface area contributed by atoms with Crippen molar-refractivity contribution in [3.63, 3.8) is 0 Å². The molecule has 6 heteroatoms. The number of benzene rings is 1. The molecule has 0 aliphatic rings. The van der Waals surface area contributed by atoms with E-state index in [9.17, 15) is 5.11 Å². The monoisotopic (exact) mass is 436 g/mol. The van der Waals surface area contributed by atoms with E-state index in [4.69, 9.17) is 17.0 Å². The number of halogens is 1. The minimum absolute atomic E-state index is 0.167. The lowest BCUT2D eigenvalue weighted by atomic mass is 10.1. The lowest BCUT2D eigenvalue weighted by Gasteiger charge is -2.14. The summed E-state index contributed by atoms with van der Waals surface area (Å²) in [5, 5.41) is 16.7. The van der Waals surface area contributed by atoms with E-state index in [2.05, 4.69) is 40.1 Å². The molecule has 0 saturated carbocycles. The first-order valence-corrected chi connectivity index (χ1v) is 9.27. The van der Waals surface area contributed by atoms with Gasteiger partial charge in [0.15, 0.2) is 5.11 Å². The Hall–Kier alpha value is -0.760. The fourth-order valence-electron chi connectivity index (χ4n) is 2.01. The van der Waals surface area contributed by atoms with Crippen molar-refractivity contribution in [1.29, 1.82) is 0 Å². The number of nitrogens with one attached hydrogen (secondary N) is 2. The first-order valence-electron chi connectivity index (χ1n) is 7.78. The molecule has 0 aliphatic carbocycles. The second-order valence-corrected chi connectivity index (χ2v) is 6.60. The molecule has 0 atom stereocenters. The Morgan fingerprint density at radius 1 is 1.23 bits per heavy atom. The van der Waals surface area contributed by atoms with Crippen LogP contribution in [0.15, 0.2) is 12.1 Å². The third-order valence-electron chi connectivity index (χ3n) is 3.16. The molecular weight excluding hydrogens is 411 g/mol. The fourth-order valence-corrected chi connectivity index (χ4v) is 2.82. The molecule has 0 saturated heterocycles. The molecule has 0 radical (unpaired) electrons. The van der Waals surface area contributed by atoms with Gasteiger partial charge in [0.1, 0.15) is 11.5 Å². The minimum atomic E-state index is 0.167. The van der Waals surface area contributed by atoms with Crippen LogP contribution < -0.4 is 15.4 Å². The molecule has 1 aromatic rings. The summed E-state index contributed by atoms with van der Waals surface area (Å²) in [5.41, 5.74) is 0.562. The quantitative estimate of drug-likeness (QED) is 0.228. The molecule has 0 aromatic heterocycles. The van der Waals surface area contributed by atoms with Crippen molar-refractivity contribution in [1.82, 2.24) is 5.32 Å². The van der Waals surface area contributed by atoms with Crippen LogP contribution >= 0.6 is 34.8 Å². The third kappa shape index (κ3) is 7.00. The lowest BCUT2D eigenvalue weighted by molar-refractivity contribution is 0.337. The van der Waals surface area contributed by atoms with Gasteiger partial charge in [-0.15, -0.1) is 0 Å². The van der Waals surface area contributed by atoms with Crippen LogP contribution in [-0.4, -0.2) is 23.4 Å². The van der Waals surface area contributed by atoms with Crippen molar-refractivity contribution in [2.24, 2.45) is 0 Å². The zero-order valence-corrected chi connectivity index (χ0v) is 16.2. The molecule has 22 heavy (non-hydrogen) atoms. The fraction of sp³-hybridized carbons (Fsp3) is 0.562. The van der Waals surface area contributed by atoms with Crippen LogP contribution in [0.2, 0.25) is 0 Å². The predicted octanol–water partition coefficient (Wildman–Crippen LogP) is 4.65. The number of unbranched alkanes of at least 4 members (excludes halogenated alkanes) is 4. The van der Waals surface area contributed by atoms with Crippen LogP contribution in [0.25, 0.3) is 0 Å². The summed E-state index contributed by atoms with van der Waals surface area (Å²) in [5.74, 6) is 0.908. The summed E-state index contributed by atoms with van der Waals surface area (Å²) in [6.07, 6.45) is 6.13. The molecule has 1 aromatic carbocycles. The molecule has 124 valence electrons. The Kier molecular flexibility index (Phi) is 9.54. The van der Waals surface area contributed by atoms with Gasteiger partial charge in [-0.05, 0) is 54.2 Å². The van der Waals surface area contributed by atoms with Crippen LogP contribution in [-0.2, 0) is 0 Å². The van der Waals surface area contributed by atoms with E-state index in [0.717, 1.165) is 22.3 Å². The maximum atomic E-state index is 9.99. The Balaban J connectivity index is 2.45. The number of phenols is 1. The van der Waals surface area contributed by atoms with Crippen LogP contribution in [0.1, 0.15) is 46.0 Å². The molecule has 1 rings (SSSR count). The van der Waals surface area contributed by atoms with Gasteiger partial charge in [0.05, 0.1) is 15.9 Å². The summed E-state index contributed by atoms with van der Waals surface area (Å²) >= 11 is 7.40. The van der Waals surface area contributed by atoms with Crippen molar-refractivity contribution < 1.29 is 9.84 Å². The molecular formula is C16H25IN2O2S. The number of anilines is 1. The van der Waals surface area contributed by atoms with E-state index in [1.165, 1.54) is 25.7 Å². The number of phenolic OH excluding ortho intramolecular Hbond substituents is 1. The van der Waals surface area contributed by atoms with Gasteiger partial charge in [-0.1, -0.05) is 32.6 Å². The van der Waals surface area contributed by atoms with Crippen LogP contribution in [0.3, 0.4) is 0 Å². The summed E-state index contributed by atoms with van der Waals surface area (Å²) in [6, 6.07) is 3.44. The summed E-state index contributed by atoms with van der Waals surface area (Å²) in [6.45, 7) is 5.57. The van der Waals surface area contributed by atoms with Crippen molar-refractivity contribution in [2.75, 3.05) is 18.5 Å². The van der Waals surface area contributed by atoms with Gasteiger partial charge in [0, 0.05) is 12.6 Å². The van der Waals surface area contributed by atoms with Crippen molar-refractivity contribution in [3.05, 3.63) is 15.7 Å². The second kappa shape index (κ2) is 10.9. The number of rotatable bonds is 9. The number of hydrogen-bond acceptors (Lipinski definition) is 3. The lowest BCUT2D eigenvalue weighted by Crippen LogP contribution is -2.29. The highest BCUT2D eigenvalue weighted by atomic mass is 127. The normalized spacial score (nSPS) is 10.3. The Morgan fingerprint density at radius 3 is 2.64 bits per heavy atom. The van der Waals surface area contributed by atoms with Gasteiger partial charge >= 0.3 is 0 Å². The number of aromatic hydroxyl groups is 1. The smallest absolute Gasteiger partial charge is 0.170 e. The van der Waals surface area contributed by atoms with Gasteiger partial charge in [-0.2, -0.15) is 0 Å². The van der Waals surface area contributed by atoms with Crippen molar-refractivity contribution in [3.8, 4) is 11.5 Å². The van der Waals surface area contributed by atoms with Crippen molar-refractivity contribution in [2.45, 2.75) is 46.0 Å². The number of ether oxygens (including phenoxy) is 1. The molecule has 0 fully saturated rings. The third-order valence-corrected chi connectivity index (χ3v) is 4.25. The highest BCUT2D eigenvalue weighted by Gasteiger charge is 2.09. The van der Waals surface area contributed by atoms with Crippen LogP contribution in [0, 0.1) is 3.57 Å². The topological polar surface area (TPSA) is 53.5 Å². The first kappa shape index (κ1) is 19.3. The van der Waals surface area contributed by atoms with Gasteiger partial charge in [0.25, 0.3) is 0 Å². The van der Waals surface area contributed by atoms with Crippen LogP contribution in [0.4, 0.5) is 5.69 Å². The first-order chi connectivity index (χ1) is 10.6. The minimum Gasteiger partial charge on any atom is -0.506 e. The average Bonchev–Trinajstić information content (AvgIpc) is 2.48. The Bertz CT molecular complexity index is 483. The van der Waals surface area contributed by atoms with Gasteiger partial charge in [-0.3, -0.25) is 0 Å². The van der Waals surface area contributed by atoms with Crippen LogP contribution in [0.5, 0.6) is 11.5 Å². The largest absolute Gasteiger partial charge is 0.506 e. The van der Waals surface area contributed by atoms with E-state index in [1.54, 1.807) is 12.1 Å². The van der Waals surface area contributed by atoms with Gasteiger partial charge in [0.2, 0.25) is 0 Å². The molecule has 0 spiro atoms. The second-order valence-electron chi connectivity index (χ2n) is 5.03. The molecule has 0 unspecified atom stereocenters. The number of thiocarbonyl (C=S) groups is 1. The summed E-state index contributed by atoms with van der Waals surface area (Å²) in [4.78, 5) is 0. The highest BCUT2D eigenvalue weighted by molar-refractivity contribution is 14.1. The van der Waals surface area contributed by atoms with E-state index < -0.39 is 0 Å². The zero-order valence-electron chi connectivity index (χ0n) is 13.2. The standard InChI is InChI=1S/C16H25IN2O2S/c1-3-5-6-7-8-9-18-16(22)19-13-11-15(21-4-2)12(17)10-14(13)20/h10-11,20H,3-9H2,1-2H3,(H2,18,19,22). The van der Waals surface area contributed by atoms with E-state index >= 15 is 0 Å². The van der Waals surface area contributed by atoms with Gasteiger partial charge in [-0.25, -0.2) is 0 Å². The molecule has 3 N–H and O–H groups in total. The van der Waals surface area contributed by atoms with E-state index in [0.29, 0.717) is 17.4 Å². The zero-order chi connectivity index (χ0) is 16.4. The molecule has 0 heterocycles. The Morgan fingerprint density at radius 2 is 1.95 bits per heavy atom. The summed E-state index contributed by atoms with van der Waals surface area (Å²) in [7, 11) is 0. The predicted molar refractivity (Wildman–Crippen MR) is 105 cm³/mol. The SMILES string of the molecule is CCCCCCCNC(=S)Nc1cc(OCC)c(I)cc1O. The van der Waals surface area contributed by atoms with E-state index in [-0.39, 0.29) is 5.75 Å². The number of hydrogen-bond donors (Lipinski definition) is 3. The average molecular weight is 436 g/mol. The summed E-state index contributed by atoms with van der Waals surface area (Å²) < 4.78 is 6.40. The molecule has 4 nitrogen and oxygen atoms in total. The molecule has 0 amide bonds. The Labute approximate surface area is 152 Å². The highest BCUT2D eigenvalue weighted by Crippen LogP contribution is 2.33. The maximum absolute atomic E-state index is 9.99. The maximum Gasteiger partial charge on any atom is 0.170 e. The van der Waals surface area contributed by atoms with Crippen molar-refractivity contribution >= 4 is 45.6 Å². The van der Waals surface area contributed by atoms with E-state index in [1.807, 2.05) is 6.92 Å². The van der Waals surface area contributed by atoms with Gasteiger partial charge < -0.3 is 20.5 Å². The molecule has 0 bridgehead atoms.